The summed E-state index contributed by atoms with van der Waals surface area (Å²) in [6.07, 6.45) is 2.14. The first-order valence-corrected chi connectivity index (χ1v) is 9.44. The summed E-state index contributed by atoms with van der Waals surface area (Å²) in [5.41, 5.74) is 10.6. The zero-order chi connectivity index (χ0) is 20.6. The Bertz CT molecular complexity index is 872. The zero-order valence-corrected chi connectivity index (χ0v) is 16.8. The minimum Gasteiger partial charge on any atom is -0.494 e. The fourth-order valence-electron chi connectivity index (χ4n) is 3.17. The van der Waals surface area contributed by atoms with E-state index in [-0.39, 0.29) is 11.9 Å². The molecular weight excluding hydrogens is 372 g/mol. The van der Waals surface area contributed by atoms with Crippen LogP contribution in [0.3, 0.4) is 0 Å². The van der Waals surface area contributed by atoms with Crippen molar-refractivity contribution in [1.82, 2.24) is 16.3 Å². The maximum absolute atomic E-state index is 12.4. The van der Waals surface area contributed by atoms with E-state index in [0.29, 0.717) is 24.5 Å². The molecule has 1 aliphatic rings. The highest BCUT2D eigenvalue weighted by molar-refractivity contribution is 5.85. The molecule has 1 saturated heterocycles. The van der Waals surface area contributed by atoms with Gasteiger partial charge in [-0.3, -0.25) is 4.79 Å². The number of rotatable bonds is 8. The summed E-state index contributed by atoms with van der Waals surface area (Å²) in [5.74, 6) is 1.83. The van der Waals surface area contributed by atoms with Gasteiger partial charge in [0.1, 0.15) is 11.8 Å². The van der Waals surface area contributed by atoms with Crippen LogP contribution in [0.4, 0.5) is 0 Å². The van der Waals surface area contributed by atoms with E-state index in [4.69, 9.17) is 14.2 Å². The molecule has 29 heavy (non-hydrogen) atoms. The van der Waals surface area contributed by atoms with Gasteiger partial charge in [0.2, 0.25) is 0 Å². The van der Waals surface area contributed by atoms with Gasteiger partial charge in [-0.1, -0.05) is 18.2 Å². The number of carbonyl (C=O) groups excluding carboxylic acids is 1. The second-order valence-corrected chi connectivity index (χ2v) is 6.45. The van der Waals surface area contributed by atoms with E-state index in [1.54, 1.807) is 32.6 Å². The summed E-state index contributed by atoms with van der Waals surface area (Å²) in [5, 5.41) is 4.05. The Morgan fingerprint density at radius 3 is 2.69 bits per heavy atom. The number of nitrogens with zero attached hydrogens (tertiary/aromatic N) is 1. The first-order valence-electron chi connectivity index (χ1n) is 9.44. The fourth-order valence-corrected chi connectivity index (χ4v) is 3.17. The number of para-hydroxylation sites is 1. The van der Waals surface area contributed by atoms with Crippen LogP contribution in [-0.2, 0) is 4.79 Å². The number of hydrazine groups is 1. The highest BCUT2D eigenvalue weighted by atomic mass is 16.5. The third-order valence-electron chi connectivity index (χ3n) is 4.61. The molecule has 3 N–H and O–H groups in total. The van der Waals surface area contributed by atoms with Gasteiger partial charge in [-0.2, -0.15) is 5.10 Å². The normalized spacial score (nSPS) is 18.6. The predicted octanol–water partition coefficient (Wildman–Crippen LogP) is 2.16. The highest BCUT2D eigenvalue weighted by Gasteiger charge is 2.31. The van der Waals surface area contributed by atoms with Gasteiger partial charge in [-0.15, -0.1) is 0 Å². The molecule has 2 aromatic rings. The van der Waals surface area contributed by atoms with Gasteiger partial charge in [-0.25, -0.2) is 16.3 Å². The lowest BCUT2D eigenvalue weighted by atomic mass is 10.0. The van der Waals surface area contributed by atoms with Crippen molar-refractivity contribution in [2.45, 2.75) is 25.4 Å². The SMILES string of the molecule is CCOc1ccccc1C1CC(C(=O)N/N=C/c2ccc(OC)c(OC)c2)NN1. The monoisotopic (exact) mass is 398 g/mol. The van der Waals surface area contributed by atoms with Crippen LogP contribution in [0.1, 0.15) is 30.5 Å². The van der Waals surface area contributed by atoms with Crippen molar-refractivity contribution in [2.24, 2.45) is 5.10 Å². The van der Waals surface area contributed by atoms with Crippen LogP contribution < -0.4 is 30.5 Å². The average molecular weight is 398 g/mol. The molecule has 8 nitrogen and oxygen atoms in total. The number of carbonyl (C=O) groups is 1. The van der Waals surface area contributed by atoms with E-state index in [0.717, 1.165) is 16.9 Å². The van der Waals surface area contributed by atoms with Crippen LogP contribution in [0, 0.1) is 0 Å². The molecule has 0 radical (unpaired) electrons. The number of hydrogen-bond acceptors (Lipinski definition) is 7. The Hall–Kier alpha value is -3.10. The number of amides is 1. The van der Waals surface area contributed by atoms with Crippen molar-refractivity contribution >= 4 is 12.1 Å². The van der Waals surface area contributed by atoms with Crippen LogP contribution in [0.5, 0.6) is 17.2 Å². The molecule has 1 aliphatic heterocycles. The third kappa shape index (κ3) is 5.04. The van der Waals surface area contributed by atoms with Gasteiger partial charge in [0.05, 0.1) is 33.1 Å². The van der Waals surface area contributed by atoms with Gasteiger partial charge < -0.3 is 14.2 Å². The van der Waals surface area contributed by atoms with Crippen LogP contribution in [0.2, 0.25) is 0 Å². The predicted molar refractivity (Wildman–Crippen MR) is 110 cm³/mol. The molecular formula is C21H26N4O4. The zero-order valence-electron chi connectivity index (χ0n) is 16.8. The first-order chi connectivity index (χ1) is 14.2. The molecule has 1 amide bonds. The van der Waals surface area contributed by atoms with Crippen molar-refractivity contribution < 1.29 is 19.0 Å². The van der Waals surface area contributed by atoms with Crippen LogP contribution in [0.15, 0.2) is 47.6 Å². The average Bonchev–Trinajstić information content (AvgIpc) is 3.24. The quantitative estimate of drug-likeness (QED) is 0.466. The van der Waals surface area contributed by atoms with Gasteiger partial charge in [0.15, 0.2) is 11.5 Å². The van der Waals surface area contributed by atoms with E-state index >= 15 is 0 Å². The molecule has 154 valence electrons. The molecule has 2 aromatic carbocycles. The molecule has 0 aromatic heterocycles. The van der Waals surface area contributed by atoms with E-state index in [2.05, 4.69) is 21.4 Å². The number of nitrogens with one attached hydrogen (secondary N) is 3. The van der Waals surface area contributed by atoms with E-state index < -0.39 is 6.04 Å². The first kappa shape index (κ1) is 20.6. The number of benzene rings is 2. The van der Waals surface area contributed by atoms with Gasteiger partial charge in [-0.05, 0) is 43.2 Å². The Morgan fingerprint density at radius 2 is 1.93 bits per heavy atom. The van der Waals surface area contributed by atoms with Crippen molar-refractivity contribution in [3.05, 3.63) is 53.6 Å². The maximum Gasteiger partial charge on any atom is 0.258 e. The second-order valence-electron chi connectivity index (χ2n) is 6.45. The van der Waals surface area contributed by atoms with Crippen molar-refractivity contribution in [3.63, 3.8) is 0 Å². The van der Waals surface area contributed by atoms with Crippen molar-refractivity contribution in [3.8, 4) is 17.2 Å². The molecule has 8 heteroatoms. The molecule has 1 heterocycles. The summed E-state index contributed by atoms with van der Waals surface area (Å²) in [7, 11) is 3.15. The lowest BCUT2D eigenvalue weighted by Crippen LogP contribution is -2.41. The van der Waals surface area contributed by atoms with Crippen molar-refractivity contribution in [2.75, 3.05) is 20.8 Å². The maximum atomic E-state index is 12.4. The number of ether oxygens (including phenoxy) is 3. The molecule has 3 rings (SSSR count). The molecule has 2 atom stereocenters. The van der Waals surface area contributed by atoms with Crippen LogP contribution in [0.25, 0.3) is 0 Å². The van der Waals surface area contributed by atoms with Gasteiger partial charge in [0, 0.05) is 5.56 Å². The minimum atomic E-state index is -0.405. The lowest BCUT2D eigenvalue weighted by Gasteiger charge is -2.15. The van der Waals surface area contributed by atoms with Gasteiger partial charge >= 0.3 is 0 Å². The molecule has 2 unspecified atom stereocenters. The molecule has 1 fully saturated rings. The molecule has 0 saturated carbocycles. The molecule has 0 bridgehead atoms. The van der Waals surface area contributed by atoms with Crippen LogP contribution in [-0.4, -0.2) is 39.0 Å². The number of methoxy groups -OCH3 is 2. The summed E-state index contributed by atoms with van der Waals surface area (Å²) < 4.78 is 16.2. The summed E-state index contributed by atoms with van der Waals surface area (Å²) in [4.78, 5) is 12.4. The topological polar surface area (TPSA) is 93.2 Å². The highest BCUT2D eigenvalue weighted by Crippen LogP contribution is 2.30. The molecule has 0 aliphatic carbocycles. The summed E-state index contributed by atoms with van der Waals surface area (Å²) in [6.45, 7) is 2.54. The second kappa shape index (κ2) is 9.90. The van der Waals surface area contributed by atoms with Gasteiger partial charge in [0.25, 0.3) is 5.91 Å². The van der Waals surface area contributed by atoms with Crippen LogP contribution >= 0.6 is 0 Å². The Balaban J connectivity index is 1.58. The Labute approximate surface area is 170 Å². The largest absolute Gasteiger partial charge is 0.494 e. The summed E-state index contributed by atoms with van der Waals surface area (Å²) >= 11 is 0. The van der Waals surface area contributed by atoms with E-state index in [9.17, 15) is 4.79 Å². The molecule has 0 spiro atoms. The lowest BCUT2D eigenvalue weighted by molar-refractivity contribution is -0.122. The fraction of sp³-hybridized carbons (Fsp3) is 0.333. The van der Waals surface area contributed by atoms with E-state index in [1.165, 1.54) is 0 Å². The smallest absolute Gasteiger partial charge is 0.258 e. The third-order valence-corrected chi connectivity index (χ3v) is 4.61. The van der Waals surface area contributed by atoms with Crippen molar-refractivity contribution in [1.29, 1.82) is 0 Å². The van der Waals surface area contributed by atoms with E-state index in [1.807, 2.05) is 37.3 Å². The Kier molecular flexibility index (Phi) is 7.04. The number of hydrogen-bond donors (Lipinski definition) is 3. The number of hydrazone groups is 1. The standard InChI is InChI=1S/C21H26N4O4/c1-4-29-18-8-6-5-7-15(18)16-12-17(24-23-16)21(26)25-22-13-14-9-10-19(27-2)20(11-14)28-3/h5-11,13,16-17,23-24H,4,12H2,1-3H3,(H,25,26)/b22-13+. The minimum absolute atomic E-state index is 0.0247. The Morgan fingerprint density at radius 1 is 1.14 bits per heavy atom. The summed E-state index contributed by atoms with van der Waals surface area (Å²) in [6, 6.07) is 12.8.